The van der Waals surface area contributed by atoms with Crippen molar-refractivity contribution in [2.45, 2.75) is 32.6 Å². The van der Waals surface area contributed by atoms with Gasteiger partial charge in [-0.25, -0.2) is 3.11 Å². The van der Waals surface area contributed by atoms with Crippen molar-refractivity contribution in [2.24, 2.45) is 11.8 Å². The molecular weight excluding hydrogens is 399 g/mol. The number of piperidine rings is 2. The van der Waals surface area contributed by atoms with Crippen molar-refractivity contribution >= 4 is 22.9 Å². The summed E-state index contributed by atoms with van der Waals surface area (Å²) in [5.41, 5.74) is 0. The van der Waals surface area contributed by atoms with Crippen molar-refractivity contribution in [1.29, 1.82) is 0 Å². The summed E-state index contributed by atoms with van der Waals surface area (Å²) in [4.78, 5) is 8.09. The van der Waals surface area contributed by atoms with Gasteiger partial charge in [0.05, 0.1) is 0 Å². The summed E-state index contributed by atoms with van der Waals surface area (Å²) in [5.74, 6) is 1.91. The zero-order valence-corrected chi connectivity index (χ0v) is 17.1. The highest BCUT2D eigenvalue weighted by Crippen LogP contribution is 2.22. The molecule has 4 nitrogen and oxygen atoms in total. The van der Waals surface area contributed by atoms with Gasteiger partial charge in [-0.3, -0.25) is 0 Å². The second-order valence-corrected chi connectivity index (χ2v) is 9.20. The van der Waals surface area contributed by atoms with E-state index in [-0.39, 0.29) is 0 Å². The normalized spacial score (nSPS) is 28.4. The lowest BCUT2D eigenvalue weighted by molar-refractivity contribution is 0.0829. The SMILES string of the molecule is CCN1CCC(CN2CCN(CC3CCN(I)CC3)CC2)CC1. The first kappa shape index (κ1) is 18.4. The Morgan fingerprint density at radius 2 is 1.09 bits per heavy atom. The van der Waals surface area contributed by atoms with E-state index in [1.54, 1.807) is 0 Å². The Hall–Kier alpha value is 0.570. The Balaban J connectivity index is 1.31. The monoisotopic (exact) mass is 434 g/mol. The third-order valence-electron chi connectivity index (χ3n) is 6.21. The zero-order chi connectivity index (χ0) is 16.1. The summed E-state index contributed by atoms with van der Waals surface area (Å²) in [6, 6.07) is 0. The highest BCUT2D eigenvalue weighted by Gasteiger charge is 2.25. The number of halogens is 1. The molecule has 0 aromatic carbocycles. The van der Waals surface area contributed by atoms with E-state index in [1.165, 1.54) is 97.7 Å². The van der Waals surface area contributed by atoms with Gasteiger partial charge in [0.25, 0.3) is 0 Å². The van der Waals surface area contributed by atoms with Gasteiger partial charge in [-0.2, -0.15) is 0 Å². The Bertz CT molecular complexity index is 330. The molecule has 0 aromatic heterocycles. The van der Waals surface area contributed by atoms with Gasteiger partial charge in [0.1, 0.15) is 0 Å². The highest BCUT2D eigenvalue weighted by molar-refractivity contribution is 14.1. The highest BCUT2D eigenvalue weighted by atomic mass is 127. The van der Waals surface area contributed by atoms with Gasteiger partial charge in [0, 0.05) is 75.2 Å². The fraction of sp³-hybridized carbons (Fsp3) is 1.00. The third kappa shape index (κ3) is 5.80. The Labute approximate surface area is 157 Å². The lowest BCUT2D eigenvalue weighted by Gasteiger charge is -2.40. The van der Waals surface area contributed by atoms with Gasteiger partial charge in [-0.1, -0.05) is 6.92 Å². The minimum atomic E-state index is 0.950. The van der Waals surface area contributed by atoms with Crippen LogP contribution in [0.3, 0.4) is 0 Å². The van der Waals surface area contributed by atoms with E-state index >= 15 is 0 Å². The van der Waals surface area contributed by atoms with Gasteiger partial charge in [0.2, 0.25) is 0 Å². The minimum absolute atomic E-state index is 0.950. The topological polar surface area (TPSA) is 13.0 Å². The summed E-state index contributed by atoms with van der Waals surface area (Å²) in [6.07, 6.45) is 5.64. The van der Waals surface area contributed by atoms with E-state index in [4.69, 9.17) is 0 Å². The molecule has 0 atom stereocenters. The molecule has 0 N–H and O–H groups in total. The molecule has 0 aliphatic carbocycles. The maximum absolute atomic E-state index is 2.75. The van der Waals surface area contributed by atoms with Crippen LogP contribution < -0.4 is 0 Å². The van der Waals surface area contributed by atoms with E-state index < -0.39 is 0 Å². The number of hydrogen-bond donors (Lipinski definition) is 0. The maximum atomic E-state index is 2.75. The van der Waals surface area contributed by atoms with Gasteiger partial charge in [-0.05, 0) is 57.2 Å². The van der Waals surface area contributed by atoms with Crippen molar-refractivity contribution in [3.05, 3.63) is 0 Å². The molecular formula is C18H35IN4. The fourth-order valence-electron chi connectivity index (χ4n) is 4.45. The molecule has 3 rings (SSSR count). The first-order valence-electron chi connectivity index (χ1n) is 9.80. The summed E-state index contributed by atoms with van der Waals surface area (Å²) < 4.78 is 2.45. The Morgan fingerprint density at radius 3 is 1.52 bits per heavy atom. The van der Waals surface area contributed by atoms with E-state index in [2.05, 4.69) is 47.6 Å². The standard InChI is InChI=1S/C18H35IN4/c1-2-20-7-3-17(4-8-20)15-21-11-13-22(14-12-21)16-18-5-9-23(19)10-6-18/h17-18H,2-16H2,1H3. The van der Waals surface area contributed by atoms with Crippen molar-refractivity contribution in [3.8, 4) is 0 Å². The van der Waals surface area contributed by atoms with Crippen LogP contribution in [-0.4, -0.2) is 89.8 Å². The first-order chi connectivity index (χ1) is 11.2. The second-order valence-electron chi connectivity index (χ2n) is 7.83. The molecule has 0 radical (unpaired) electrons. The largest absolute Gasteiger partial charge is 0.304 e. The van der Waals surface area contributed by atoms with E-state index in [9.17, 15) is 0 Å². The molecule has 3 aliphatic heterocycles. The molecule has 3 fully saturated rings. The number of piperazine rings is 1. The summed E-state index contributed by atoms with van der Waals surface area (Å²) >= 11 is 2.48. The summed E-state index contributed by atoms with van der Waals surface area (Å²) in [6.45, 7) is 16.7. The molecule has 134 valence electrons. The molecule has 3 aliphatic rings. The average molecular weight is 434 g/mol. The fourth-order valence-corrected chi connectivity index (χ4v) is 5.01. The Morgan fingerprint density at radius 1 is 0.652 bits per heavy atom. The molecule has 3 saturated heterocycles. The molecule has 5 heteroatoms. The number of rotatable bonds is 5. The van der Waals surface area contributed by atoms with Crippen LogP contribution in [0.15, 0.2) is 0 Å². The summed E-state index contributed by atoms with van der Waals surface area (Å²) in [7, 11) is 0. The quantitative estimate of drug-likeness (QED) is 0.487. The molecule has 0 amide bonds. The number of nitrogens with zero attached hydrogens (tertiary/aromatic N) is 4. The Kier molecular flexibility index (Phi) is 7.44. The zero-order valence-electron chi connectivity index (χ0n) is 14.9. The van der Waals surface area contributed by atoms with Crippen molar-refractivity contribution in [1.82, 2.24) is 17.8 Å². The molecule has 0 aromatic rings. The molecule has 0 spiro atoms. The molecule has 23 heavy (non-hydrogen) atoms. The van der Waals surface area contributed by atoms with Crippen LogP contribution in [0.1, 0.15) is 32.6 Å². The predicted octanol–water partition coefficient (Wildman–Crippen LogP) is 2.40. The number of hydrogen-bond acceptors (Lipinski definition) is 4. The lowest BCUT2D eigenvalue weighted by atomic mass is 9.95. The van der Waals surface area contributed by atoms with Gasteiger partial charge < -0.3 is 14.7 Å². The minimum Gasteiger partial charge on any atom is -0.304 e. The summed E-state index contributed by atoms with van der Waals surface area (Å²) in [5, 5.41) is 0. The van der Waals surface area contributed by atoms with Crippen LogP contribution in [0, 0.1) is 11.8 Å². The van der Waals surface area contributed by atoms with Gasteiger partial charge in [-0.15, -0.1) is 0 Å². The van der Waals surface area contributed by atoms with Crippen LogP contribution in [-0.2, 0) is 0 Å². The average Bonchev–Trinajstić information content (AvgIpc) is 2.59. The van der Waals surface area contributed by atoms with Crippen molar-refractivity contribution in [3.63, 3.8) is 0 Å². The molecule has 0 saturated carbocycles. The molecule has 3 heterocycles. The van der Waals surface area contributed by atoms with Crippen molar-refractivity contribution < 1.29 is 0 Å². The van der Waals surface area contributed by atoms with Crippen molar-refractivity contribution in [2.75, 3.05) is 72.0 Å². The number of likely N-dealkylation sites (tertiary alicyclic amines) is 1. The maximum Gasteiger partial charge on any atom is 0.0201 e. The van der Waals surface area contributed by atoms with Crippen LogP contribution >= 0.6 is 22.9 Å². The van der Waals surface area contributed by atoms with E-state index in [0.717, 1.165) is 11.8 Å². The van der Waals surface area contributed by atoms with Crippen LogP contribution in [0.4, 0.5) is 0 Å². The smallest absolute Gasteiger partial charge is 0.0201 e. The van der Waals surface area contributed by atoms with Crippen LogP contribution in [0.5, 0.6) is 0 Å². The third-order valence-corrected chi connectivity index (χ3v) is 7.18. The first-order valence-corrected chi connectivity index (χ1v) is 10.8. The molecule has 0 bridgehead atoms. The molecule has 0 unspecified atom stereocenters. The lowest BCUT2D eigenvalue weighted by Crippen LogP contribution is -2.50. The van der Waals surface area contributed by atoms with Gasteiger partial charge >= 0.3 is 0 Å². The second kappa shape index (κ2) is 9.32. The van der Waals surface area contributed by atoms with Crippen LogP contribution in [0.25, 0.3) is 0 Å². The van der Waals surface area contributed by atoms with Gasteiger partial charge in [0.15, 0.2) is 0 Å². The van der Waals surface area contributed by atoms with E-state index in [0.29, 0.717) is 0 Å². The predicted molar refractivity (Wildman–Crippen MR) is 106 cm³/mol. The van der Waals surface area contributed by atoms with E-state index in [1.807, 2.05) is 0 Å². The van der Waals surface area contributed by atoms with Crippen LogP contribution in [0.2, 0.25) is 0 Å².